The molecule has 0 spiro atoms. The molecule has 0 aliphatic carbocycles. The molecule has 1 aromatic heterocycles. The highest BCUT2D eigenvalue weighted by Gasteiger charge is 2.22. The number of hydrogen-bond acceptors (Lipinski definition) is 5. The number of carbonyl (C=O) groups excluding carboxylic acids is 2. The molecule has 1 saturated heterocycles. The monoisotopic (exact) mass is 399 g/mol. The number of hydrogen-bond donors (Lipinski definition) is 2. The first-order valence-corrected chi connectivity index (χ1v) is 10.0. The van der Waals surface area contributed by atoms with E-state index in [-0.39, 0.29) is 17.6 Å². The van der Waals surface area contributed by atoms with Gasteiger partial charge in [-0.3, -0.25) is 14.5 Å². The standard InChI is InChI=1S/C22H29N3O4/c1-16(24-22(27)20-4-3-13-29-20)21(26)23-14-17-9-11-25(12-10-17)15-18-5-7-19(28-2)8-6-18/h3-8,13,16-17H,9-12,14-15H2,1-2H3,(H,23,26)(H,24,27). The molecule has 2 amide bonds. The number of amides is 2. The summed E-state index contributed by atoms with van der Waals surface area (Å²) in [6.07, 6.45) is 3.52. The van der Waals surface area contributed by atoms with Gasteiger partial charge in [0, 0.05) is 13.1 Å². The molecule has 1 aliphatic heterocycles. The van der Waals surface area contributed by atoms with E-state index in [2.05, 4.69) is 27.7 Å². The van der Waals surface area contributed by atoms with E-state index >= 15 is 0 Å². The zero-order valence-corrected chi connectivity index (χ0v) is 17.0. The summed E-state index contributed by atoms with van der Waals surface area (Å²) in [6.45, 7) is 5.26. The van der Waals surface area contributed by atoms with E-state index in [1.165, 1.54) is 11.8 Å². The minimum absolute atomic E-state index is 0.175. The summed E-state index contributed by atoms with van der Waals surface area (Å²) in [7, 11) is 1.67. The van der Waals surface area contributed by atoms with E-state index in [0.717, 1.165) is 38.2 Å². The normalized spacial score (nSPS) is 16.2. The molecule has 0 saturated carbocycles. The summed E-state index contributed by atoms with van der Waals surface area (Å²) in [5, 5.41) is 5.61. The van der Waals surface area contributed by atoms with E-state index in [9.17, 15) is 9.59 Å². The lowest BCUT2D eigenvalue weighted by Crippen LogP contribution is -2.46. The third kappa shape index (κ3) is 6.09. The minimum Gasteiger partial charge on any atom is -0.497 e. The van der Waals surface area contributed by atoms with Crippen molar-refractivity contribution in [2.75, 3.05) is 26.7 Å². The lowest BCUT2D eigenvalue weighted by atomic mass is 9.96. The van der Waals surface area contributed by atoms with E-state index in [1.807, 2.05) is 12.1 Å². The number of furan rings is 1. The topological polar surface area (TPSA) is 83.8 Å². The molecule has 0 radical (unpaired) electrons. The SMILES string of the molecule is COc1ccc(CN2CCC(CNC(=O)C(C)NC(=O)c3ccco3)CC2)cc1. The van der Waals surface area contributed by atoms with Gasteiger partial charge in [-0.15, -0.1) is 0 Å². The molecule has 7 heteroatoms. The van der Waals surface area contributed by atoms with Crippen molar-refractivity contribution < 1.29 is 18.7 Å². The van der Waals surface area contributed by atoms with E-state index in [0.29, 0.717) is 12.5 Å². The lowest BCUT2D eigenvalue weighted by molar-refractivity contribution is -0.122. The zero-order chi connectivity index (χ0) is 20.6. The van der Waals surface area contributed by atoms with Gasteiger partial charge in [-0.25, -0.2) is 0 Å². The van der Waals surface area contributed by atoms with Crippen LogP contribution in [0.15, 0.2) is 47.1 Å². The largest absolute Gasteiger partial charge is 0.497 e. The first-order valence-electron chi connectivity index (χ1n) is 10.0. The molecule has 1 fully saturated rings. The maximum Gasteiger partial charge on any atom is 0.287 e. The molecule has 1 aromatic carbocycles. The lowest BCUT2D eigenvalue weighted by Gasteiger charge is -2.32. The molecule has 156 valence electrons. The number of methoxy groups -OCH3 is 1. The van der Waals surface area contributed by atoms with Crippen LogP contribution in [0.5, 0.6) is 5.75 Å². The summed E-state index contributed by atoms with van der Waals surface area (Å²) in [5.74, 6) is 0.973. The summed E-state index contributed by atoms with van der Waals surface area (Å²) in [4.78, 5) is 26.7. The highest BCUT2D eigenvalue weighted by atomic mass is 16.5. The van der Waals surface area contributed by atoms with E-state index in [4.69, 9.17) is 9.15 Å². The van der Waals surface area contributed by atoms with Crippen LogP contribution in [0.2, 0.25) is 0 Å². The van der Waals surface area contributed by atoms with E-state index < -0.39 is 6.04 Å². The summed E-state index contributed by atoms with van der Waals surface area (Å²) in [6, 6.07) is 10.8. The highest BCUT2D eigenvalue weighted by molar-refractivity contribution is 5.95. The maximum absolute atomic E-state index is 12.3. The average molecular weight is 399 g/mol. The molecule has 7 nitrogen and oxygen atoms in total. The first-order chi connectivity index (χ1) is 14.0. The van der Waals surface area contributed by atoms with Crippen molar-refractivity contribution in [3.8, 4) is 5.75 Å². The van der Waals surface area contributed by atoms with Crippen LogP contribution in [0.3, 0.4) is 0 Å². The van der Waals surface area contributed by atoms with Crippen LogP contribution in [0, 0.1) is 5.92 Å². The molecule has 1 unspecified atom stereocenters. The Balaban J connectivity index is 1.35. The Kier molecular flexibility index (Phi) is 7.30. The number of ether oxygens (including phenoxy) is 1. The van der Waals surface area contributed by atoms with Gasteiger partial charge in [0.25, 0.3) is 5.91 Å². The number of nitrogens with zero attached hydrogens (tertiary/aromatic N) is 1. The summed E-state index contributed by atoms with van der Waals surface area (Å²) in [5.41, 5.74) is 1.28. The Morgan fingerprint density at radius 2 is 1.93 bits per heavy atom. The van der Waals surface area contributed by atoms with Crippen LogP contribution in [0.1, 0.15) is 35.9 Å². The molecular formula is C22H29N3O4. The maximum atomic E-state index is 12.3. The molecule has 2 aromatic rings. The molecule has 3 rings (SSSR count). The second kappa shape index (κ2) is 10.1. The Morgan fingerprint density at radius 3 is 2.55 bits per heavy atom. The molecule has 2 N–H and O–H groups in total. The predicted molar refractivity (Wildman–Crippen MR) is 110 cm³/mol. The van der Waals surface area contributed by atoms with Crippen molar-refractivity contribution in [1.29, 1.82) is 0 Å². The van der Waals surface area contributed by atoms with Crippen molar-refractivity contribution >= 4 is 11.8 Å². The number of rotatable bonds is 8. The van der Waals surface area contributed by atoms with E-state index in [1.54, 1.807) is 26.2 Å². The number of nitrogens with one attached hydrogen (secondary N) is 2. The fraction of sp³-hybridized carbons (Fsp3) is 0.455. The summed E-state index contributed by atoms with van der Waals surface area (Å²) >= 11 is 0. The van der Waals surface area contributed by atoms with Gasteiger partial charge in [0.1, 0.15) is 11.8 Å². The van der Waals surface area contributed by atoms with Crippen molar-refractivity contribution in [2.45, 2.75) is 32.4 Å². The number of carbonyl (C=O) groups is 2. The minimum atomic E-state index is -0.609. The van der Waals surface area contributed by atoms with Crippen LogP contribution in [-0.2, 0) is 11.3 Å². The van der Waals surface area contributed by atoms with Crippen LogP contribution in [0.4, 0.5) is 0 Å². The second-order valence-corrected chi connectivity index (χ2v) is 7.49. The van der Waals surface area contributed by atoms with Gasteiger partial charge in [0.05, 0.1) is 13.4 Å². The number of likely N-dealkylation sites (tertiary alicyclic amines) is 1. The van der Waals surface area contributed by atoms with Gasteiger partial charge in [0.2, 0.25) is 5.91 Å². The average Bonchev–Trinajstić information content (AvgIpc) is 3.28. The van der Waals surface area contributed by atoms with Crippen LogP contribution < -0.4 is 15.4 Å². The zero-order valence-electron chi connectivity index (χ0n) is 17.0. The Morgan fingerprint density at radius 1 is 1.21 bits per heavy atom. The Labute approximate surface area is 171 Å². The van der Waals surface area contributed by atoms with Gasteiger partial charge < -0.3 is 19.8 Å². The fourth-order valence-corrected chi connectivity index (χ4v) is 3.48. The van der Waals surface area contributed by atoms with Gasteiger partial charge in [-0.2, -0.15) is 0 Å². The van der Waals surface area contributed by atoms with Crippen LogP contribution >= 0.6 is 0 Å². The fourth-order valence-electron chi connectivity index (χ4n) is 3.48. The van der Waals surface area contributed by atoms with Gasteiger partial charge in [-0.05, 0) is 68.6 Å². The molecular weight excluding hydrogens is 370 g/mol. The Bertz CT molecular complexity index is 781. The smallest absolute Gasteiger partial charge is 0.287 e. The van der Waals surface area contributed by atoms with Crippen molar-refractivity contribution in [3.05, 3.63) is 54.0 Å². The molecule has 2 heterocycles. The number of piperidine rings is 1. The third-order valence-electron chi connectivity index (χ3n) is 5.32. The first kappa shape index (κ1) is 20.9. The molecule has 1 aliphatic rings. The second-order valence-electron chi connectivity index (χ2n) is 7.49. The highest BCUT2D eigenvalue weighted by Crippen LogP contribution is 2.19. The molecule has 1 atom stereocenters. The Hall–Kier alpha value is -2.80. The van der Waals surface area contributed by atoms with Crippen LogP contribution in [0.25, 0.3) is 0 Å². The summed E-state index contributed by atoms with van der Waals surface area (Å²) < 4.78 is 10.2. The van der Waals surface area contributed by atoms with Gasteiger partial charge in [0.15, 0.2) is 5.76 Å². The number of benzene rings is 1. The van der Waals surface area contributed by atoms with Crippen LogP contribution in [-0.4, -0.2) is 49.5 Å². The predicted octanol–water partition coefficient (Wildman–Crippen LogP) is 2.43. The van der Waals surface area contributed by atoms with Crippen molar-refractivity contribution in [3.63, 3.8) is 0 Å². The van der Waals surface area contributed by atoms with Crippen molar-refractivity contribution in [2.24, 2.45) is 5.92 Å². The quantitative estimate of drug-likeness (QED) is 0.712. The van der Waals surface area contributed by atoms with Gasteiger partial charge in [-0.1, -0.05) is 12.1 Å². The molecule has 29 heavy (non-hydrogen) atoms. The van der Waals surface area contributed by atoms with Crippen molar-refractivity contribution in [1.82, 2.24) is 15.5 Å². The third-order valence-corrected chi connectivity index (χ3v) is 5.32. The van der Waals surface area contributed by atoms with Gasteiger partial charge >= 0.3 is 0 Å². The molecule has 0 bridgehead atoms.